The zero-order valence-corrected chi connectivity index (χ0v) is 11.6. The lowest BCUT2D eigenvalue weighted by Crippen LogP contribution is -2.49. The number of piperazine rings is 1. The van der Waals surface area contributed by atoms with Crippen LogP contribution in [0.4, 0.5) is 0 Å². The largest absolute Gasteiger partial charge is 0.465 e. The molecule has 2 N–H and O–H groups in total. The summed E-state index contributed by atoms with van der Waals surface area (Å²) in [6.45, 7) is 10.5. The molecule has 0 aromatic carbocycles. The Hall–Kier alpha value is -0.840. The molecule has 0 bridgehead atoms. The highest BCUT2D eigenvalue weighted by atomic mass is 16.3. The minimum atomic E-state index is 0.238. The zero-order chi connectivity index (χ0) is 13.0. The molecule has 1 saturated heterocycles. The van der Waals surface area contributed by atoms with Crippen molar-refractivity contribution in [2.24, 2.45) is 5.73 Å². The number of aryl methyl sites for hydroxylation is 1. The maximum atomic E-state index is 5.92. The van der Waals surface area contributed by atoms with Crippen molar-refractivity contribution in [1.82, 2.24) is 9.80 Å². The van der Waals surface area contributed by atoms with E-state index in [-0.39, 0.29) is 6.04 Å². The number of nitrogens with two attached hydrogens (primary N) is 1. The smallest absolute Gasteiger partial charge is 0.122 e. The fraction of sp³-hybridized carbons (Fsp3) is 0.714. The minimum Gasteiger partial charge on any atom is -0.465 e. The third-order valence-corrected chi connectivity index (χ3v) is 3.70. The van der Waals surface area contributed by atoms with Gasteiger partial charge in [-0.05, 0) is 32.0 Å². The first-order chi connectivity index (χ1) is 8.74. The Morgan fingerprint density at radius 2 is 2.00 bits per heavy atom. The van der Waals surface area contributed by atoms with Gasteiger partial charge in [0, 0.05) is 32.7 Å². The number of furan rings is 1. The van der Waals surface area contributed by atoms with E-state index in [4.69, 9.17) is 10.2 Å². The topological polar surface area (TPSA) is 45.6 Å². The quantitative estimate of drug-likeness (QED) is 0.863. The first-order valence-corrected chi connectivity index (χ1v) is 6.97. The van der Waals surface area contributed by atoms with Gasteiger partial charge in [-0.15, -0.1) is 0 Å². The molecular formula is C14H25N3O. The van der Waals surface area contributed by atoms with E-state index in [9.17, 15) is 0 Å². The molecular weight excluding hydrogens is 226 g/mol. The summed E-state index contributed by atoms with van der Waals surface area (Å²) < 4.78 is 5.73. The van der Waals surface area contributed by atoms with Crippen molar-refractivity contribution in [1.29, 1.82) is 0 Å². The molecule has 18 heavy (non-hydrogen) atoms. The number of hydrogen-bond donors (Lipinski definition) is 1. The average Bonchev–Trinajstić information content (AvgIpc) is 2.79. The zero-order valence-electron chi connectivity index (χ0n) is 11.6. The summed E-state index contributed by atoms with van der Waals surface area (Å²) in [7, 11) is 0. The molecule has 1 aromatic rings. The fourth-order valence-corrected chi connectivity index (χ4v) is 2.69. The highest BCUT2D eigenvalue weighted by Crippen LogP contribution is 2.23. The van der Waals surface area contributed by atoms with Crippen LogP contribution in [0.15, 0.2) is 16.5 Å². The van der Waals surface area contributed by atoms with Gasteiger partial charge < -0.3 is 15.1 Å². The van der Waals surface area contributed by atoms with Crippen molar-refractivity contribution in [2.45, 2.75) is 26.3 Å². The summed E-state index contributed by atoms with van der Waals surface area (Å²) >= 11 is 0. The third-order valence-electron chi connectivity index (χ3n) is 3.70. The molecule has 0 saturated carbocycles. The van der Waals surface area contributed by atoms with Crippen LogP contribution in [0.5, 0.6) is 0 Å². The van der Waals surface area contributed by atoms with Crippen molar-refractivity contribution in [3.63, 3.8) is 0 Å². The van der Waals surface area contributed by atoms with Crippen LogP contribution in [-0.4, -0.2) is 49.1 Å². The normalized spacial score (nSPS) is 20.2. The molecule has 4 nitrogen and oxygen atoms in total. The van der Waals surface area contributed by atoms with E-state index in [2.05, 4.69) is 22.8 Å². The van der Waals surface area contributed by atoms with Crippen LogP contribution < -0.4 is 5.73 Å². The van der Waals surface area contributed by atoms with E-state index < -0.39 is 0 Å². The first-order valence-electron chi connectivity index (χ1n) is 6.97. The van der Waals surface area contributed by atoms with Gasteiger partial charge in [-0.25, -0.2) is 0 Å². The highest BCUT2D eigenvalue weighted by molar-refractivity contribution is 5.10. The minimum absolute atomic E-state index is 0.238. The summed E-state index contributed by atoms with van der Waals surface area (Å²) in [6.07, 6.45) is 1.23. The SMILES string of the molecule is CCCN1CCN(C(CN)c2ccc(C)o2)CC1. The van der Waals surface area contributed by atoms with Gasteiger partial charge in [-0.2, -0.15) is 0 Å². The Bertz CT molecular complexity index is 356. The molecule has 1 fully saturated rings. The van der Waals surface area contributed by atoms with E-state index in [1.54, 1.807) is 0 Å². The van der Waals surface area contributed by atoms with Crippen molar-refractivity contribution in [3.05, 3.63) is 23.7 Å². The van der Waals surface area contributed by atoms with Crippen LogP contribution >= 0.6 is 0 Å². The summed E-state index contributed by atoms with van der Waals surface area (Å²) in [5.74, 6) is 1.98. The standard InChI is InChI=1S/C14H25N3O/c1-3-6-16-7-9-17(10-8-16)13(11-15)14-5-4-12(2)18-14/h4-5,13H,3,6-11,15H2,1-2H3. The Balaban J connectivity index is 1.94. The van der Waals surface area contributed by atoms with E-state index in [1.807, 2.05) is 13.0 Å². The molecule has 1 atom stereocenters. The second kappa shape index (κ2) is 6.36. The number of nitrogens with zero attached hydrogens (tertiary/aromatic N) is 2. The summed E-state index contributed by atoms with van der Waals surface area (Å²) in [5.41, 5.74) is 5.92. The maximum Gasteiger partial charge on any atom is 0.122 e. The van der Waals surface area contributed by atoms with Crippen LogP contribution in [0.1, 0.15) is 30.9 Å². The van der Waals surface area contributed by atoms with Gasteiger partial charge in [0.2, 0.25) is 0 Å². The highest BCUT2D eigenvalue weighted by Gasteiger charge is 2.25. The summed E-state index contributed by atoms with van der Waals surface area (Å²) in [5, 5.41) is 0. The van der Waals surface area contributed by atoms with Gasteiger partial charge in [-0.3, -0.25) is 4.90 Å². The molecule has 1 aliphatic heterocycles. The predicted octanol–water partition coefficient (Wildman–Crippen LogP) is 1.62. The molecule has 1 unspecified atom stereocenters. The summed E-state index contributed by atoms with van der Waals surface area (Å²) in [6, 6.07) is 4.32. The first kappa shape index (κ1) is 13.6. The van der Waals surface area contributed by atoms with Crippen molar-refractivity contribution in [3.8, 4) is 0 Å². The number of rotatable bonds is 5. The number of hydrogen-bond acceptors (Lipinski definition) is 4. The van der Waals surface area contributed by atoms with E-state index in [0.717, 1.165) is 37.7 Å². The lowest BCUT2D eigenvalue weighted by molar-refractivity contribution is 0.0892. The fourth-order valence-electron chi connectivity index (χ4n) is 2.69. The summed E-state index contributed by atoms with van der Waals surface area (Å²) in [4.78, 5) is 4.97. The lowest BCUT2D eigenvalue weighted by atomic mass is 10.1. The second-order valence-electron chi connectivity index (χ2n) is 5.08. The Morgan fingerprint density at radius 1 is 1.28 bits per heavy atom. The van der Waals surface area contributed by atoms with Crippen molar-refractivity contribution in [2.75, 3.05) is 39.3 Å². The molecule has 1 aromatic heterocycles. The molecule has 0 amide bonds. The van der Waals surface area contributed by atoms with E-state index >= 15 is 0 Å². The average molecular weight is 251 g/mol. The second-order valence-corrected chi connectivity index (χ2v) is 5.08. The Kier molecular flexibility index (Phi) is 4.80. The van der Waals surface area contributed by atoms with Gasteiger partial charge in [0.1, 0.15) is 11.5 Å². The lowest BCUT2D eigenvalue weighted by Gasteiger charge is -2.38. The van der Waals surface area contributed by atoms with Gasteiger partial charge in [0.05, 0.1) is 6.04 Å². The predicted molar refractivity (Wildman–Crippen MR) is 73.5 cm³/mol. The van der Waals surface area contributed by atoms with Gasteiger partial charge in [0.25, 0.3) is 0 Å². The van der Waals surface area contributed by atoms with Gasteiger partial charge >= 0.3 is 0 Å². The van der Waals surface area contributed by atoms with Crippen LogP contribution in [-0.2, 0) is 0 Å². The van der Waals surface area contributed by atoms with Crippen molar-refractivity contribution >= 4 is 0 Å². The van der Waals surface area contributed by atoms with Crippen molar-refractivity contribution < 1.29 is 4.42 Å². The molecule has 2 rings (SSSR count). The van der Waals surface area contributed by atoms with Gasteiger partial charge in [0.15, 0.2) is 0 Å². The maximum absolute atomic E-state index is 5.92. The molecule has 0 radical (unpaired) electrons. The van der Waals surface area contributed by atoms with Crippen LogP contribution in [0, 0.1) is 6.92 Å². The van der Waals surface area contributed by atoms with Crippen LogP contribution in [0.25, 0.3) is 0 Å². The van der Waals surface area contributed by atoms with E-state index in [0.29, 0.717) is 6.54 Å². The molecule has 1 aliphatic rings. The molecule has 0 aliphatic carbocycles. The Morgan fingerprint density at radius 3 is 2.50 bits per heavy atom. The monoisotopic (exact) mass is 251 g/mol. The third kappa shape index (κ3) is 3.13. The molecule has 102 valence electrons. The molecule has 4 heteroatoms. The Labute approximate surface area is 110 Å². The molecule has 0 spiro atoms. The van der Waals surface area contributed by atoms with Gasteiger partial charge in [-0.1, -0.05) is 6.92 Å². The van der Waals surface area contributed by atoms with E-state index in [1.165, 1.54) is 13.0 Å². The van der Waals surface area contributed by atoms with Crippen LogP contribution in [0.2, 0.25) is 0 Å². The molecule has 2 heterocycles. The van der Waals surface area contributed by atoms with Crippen LogP contribution in [0.3, 0.4) is 0 Å².